The summed E-state index contributed by atoms with van der Waals surface area (Å²) in [6, 6.07) is 45.6. The van der Waals surface area contributed by atoms with Gasteiger partial charge in [-0.2, -0.15) is 0 Å². The molecule has 5 aromatic carbocycles. The Bertz CT molecular complexity index is 2360. The second kappa shape index (κ2) is 17.8. The standard InChI is InChI=1S/C51H55BN2O6Si/c1-5-35(31-36-17-15-16-24-45(36)55)25-30-46-47-37(34-59-61(51(2,3)4,41-20-11-7-12-21-41)42-22-13-8-14-23-42)32-43-48(44(47)33-52(58)60-46)50(57)54(49(43)56)40-28-26-39(27-29-40)53-38-18-9-6-10-19-38/h6-24,26-29,31,43-44,46,48,53,55,58H,5,25,30,32-34H2,1-4H3/b35-31+/t43-,44+,46-,48-/m1/s1. The van der Waals surface area contributed by atoms with Crippen LogP contribution in [0, 0.1) is 17.8 Å². The van der Waals surface area contributed by atoms with Crippen LogP contribution < -0.4 is 20.6 Å². The van der Waals surface area contributed by atoms with Gasteiger partial charge in [0.1, 0.15) is 5.75 Å². The molecule has 0 radical (unpaired) electrons. The quantitative estimate of drug-likeness (QED) is 0.0617. The van der Waals surface area contributed by atoms with Crippen molar-refractivity contribution in [1.29, 1.82) is 0 Å². The lowest BCUT2D eigenvalue weighted by Gasteiger charge is -2.46. The maximum atomic E-state index is 14.8. The second-order valence-corrected chi connectivity index (χ2v) is 21.9. The smallest absolute Gasteiger partial charge is 0.455 e. The summed E-state index contributed by atoms with van der Waals surface area (Å²) in [5.74, 6) is -1.92. The number of hydrogen-bond donors (Lipinski definition) is 3. The molecular weight excluding hydrogens is 775 g/mol. The van der Waals surface area contributed by atoms with Gasteiger partial charge in [-0.15, -0.1) is 0 Å². The van der Waals surface area contributed by atoms with E-state index in [4.69, 9.17) is 9.08 Å². The highest BCUT2D eigenvalue weighted by Crippen LogP contribution is 2.52. The molecule has 0 unspecified atom stereocenters. The largest absolute Gasteiger partial charge is 0.507 e. The number of amides is 2. The third kappa shape index (κ3) is 8.42. The van der Waals surface area contributed by atoms with Crippen molar-refractivity contribution in [3.8, 4) is 5.75 Å². The lowest BCUT2D eigenvalue weighted by molar-refractivity contribution is -0.122. The molecule has 5 aromatic rings. The number of para-hydroxylation sites is 2. The second-order valence-electron chi connectivity index (χ2n) is 17.6. The van der Waals surface area contributed by atoms with Gasteiger partial charge >= 0.3 is 7.12 Å². The van der Waals surface area contributed by atoms with Crippen molar-refractivity contribution in [1.82, 2.24) is 0 Å². The minimum absolute atomic E-state index is 0.205. The maximum absolute atomic E-state index is 14.8. The lowest BCUT2D eigenvalue weighted by atomic mass is 9.58. The molecular formula is C51H55BN2O6Si. The van der Waals surface area contributed by atoms with Crippen LogP contribution >= 0.6 is 0 Å². The molecule has 3 N–H and O–H groups in total. The van der Waals surface area contributed by atoms with Crippen molar-refractivity contribution in [3.05, 3.63) is 162 Å². The molecule has 10 heteroatoms. The molecule has 4 atom stereocenters. The van der Waals surface area contributed by atoms with Gasteiger partial charge in [0.05, 0.1) is 30.2 Å². The molecule has 2 heterocycles. The number of nitrogens with zero attached hydrogens (tertiary/aromatic N) is 1. The molecule has 2 amide bonds. The summed E-state index contributed by atoms with van der Waals surface area (Å²) in [7, 11) is -4.11. The van der Waals surface area contributed by atoms with E-state index in [1.165, 1.54) is 4.90 Å². The molecule has 61 heavy (non-hydrogen) atoms. The highest BCUT2D eigenvalue weighted by molar-refractivity contribution is 6.99. The van der Waals surface area contributed by atoms with Crippen molar-refractivity contribution in [2.24, 2.45) is 17.8 Å². The van der Waals surface area contributed by atoms with Gasteiger partial charge in [0.25, 0.3) is 8.32 Å². The summed E-state index contributed by atoms with van der Waals surface area (Å²) in [6.07, 6.45) is 4.05. The van der Waals surface area contributed by atoms with E-state index in [1.54, 1.807) is 6.07 Å². The molecule has 0 saturated carbocycles. The van der Waals surface area contributed by atoms with E-state index >= 15 is 0 Å². The highest BCUT2D eigenvalue weighted by atomic mass is 28.4. The van der Waals surface area contributed by atoms with Gasteiger partial charge in [0, 0.05) is 16.9 Å². The predicted octanol–water partition coefficient (Wildman–Crippen LogP) is 9.29. The first-order valence-corrected chi connectivity index (χ1v) is 23.5. The van der Waals surface area contributed by atoms with Gasteiger partial charge < -0.3 is 24.5 Å². The Kier molecular flexibility index (Phi) is 12.3. The number of phenols is 1. The normalized spacial score (nSPS) is 20.8. The average Bonchev–Trinajstić information content (AvgIpc) is 3.52. The van der Waals surface area contributed by atoms with Gasteiger partial charge in [-0.25, -0.2) is 0 Å². The van der Waals surface area contributed by atoms with Crippen LogP contribution in [-0.2, 0) is 18.7 Å². The van der Waals surface area contributed by atoms with E-state index in [1.807, 2.05) is 91.0 Å². The number of imide groups is 1. The monoisotopic (exact) mass is 830 g/mol. The topological polar surface area (TPSA) is 108 Å². The van der Waals surface area contributed by atoms with Crippen LogP contribution in [0.1, 0.15) is 58.9 Å². The summed E-state index contributed by atoms with van der Waals surface area (Å²) >= 11 is 0. The van der Waals surface area contributed by atoms with Crippen LogP contribution in [0.25, 0.3) is 6.08 Å². The highest BCUT2D eigenvalue weighted by Gasteiger charge is 2.58. The number of allylic oxidation sites excluding steroid dienone is 1. The van der Waals surface area contributed by atoms with Crippen LogP contribution in [-0.4, -0.2) is 50.1 Å². The van der Waals surface area contributed by atoms with Crippen LogP contribution in [0.3, 0.4) is 0 Å². The molecule has 2 fully saturated rings. The predicted molar refractivity (Wildman–Crippen MR) is 248 cm³/mol. The zero-order chi connectivity index (χ0) is 42.7. The molecule has 8 rings (SSSR count). The van der Waals surface area contributed by atoms with E-state index in [2.05, 4.69) is 81.5 Å². The number of carbonyl (C=O) groups is 2. The Morgan fingerprint density at radius 2 is 1.41 bits per heavy atom. The minimum Gasteiger partial charge on any atom is -0.507 e. The number of anilines is 3. The SMILES string of the molecule is CC/C(=C\c1ccccc1O)CC[C@H]1OB(O)C[C@H]2C1=C(CO[Si](c1ccccc1)(c1ccccc1)C(C)(C)C)C[C@H]1C(=O)N(c3ccc(Nc4ccccc4)cc3)C(=O)[C@H]12. The zero-order valence-corrected chi connectivity index (χ0v) is 36.5. The summed E-state index contributed by atoms with van der Waals surface area (Å²) < 4.78 is 14.0. The first-order chi connectivity index (χ1) is 29.5. The number of hydrogen-bond acceptors (Lipinski definition) is 7. The van der Waals surface area contributed by atoms with E-state index in [0.29, 0.717) is 24.9 Å². The lowest BCUT2D eigenvalue weighted by Crippen LogP contribution is -2.66. The van der Waals surface area contributed by atoms with Gasteiger partial charge in [0.2, 0.25) is 11.8 Å². The van der Waals surface area contributed by atoms with Gasteiger partial charge in [-0.05, 0) is 107 Å². The van der Waals surface area contributed by atoms with Crippen LogP contribution in [0.2, 0.25) is 11.4 Å². The van der Waals surface area contributed by atoms with Crippen molar-refractivity contribution in [2.45, 2.75) is 70.8 Å². The van der Waals surface area contributed by atoms with Crippen LogP contribution in [0.4, 0.5) is 17.1 Å². The summed E-state index contributed by atoms with van der Waals surface area (Å²) in [5.41, 5.74) is 6.15. The maximum Gasteiger partial charge on any atom is 0.455 e. The third-order valence-corrected chi connectivity index (χ3v) is 17.8. The first-order valence-electron chi connectivity index (χ1n) is 21.6. The van der Waals surface area contributed by atoms with E-state index < -0.39 is 39.3 Å². The molecule has 2 aliphatic heterocycles. The van der Waals surface area contributed by atoms with Gasteiger partial charge in [0.15, 0.2) is 0 Å². The van der Waals surface area contributed by atoms with Crippen molar-refractivity contribution in [2.75, 3.05) is 16.8 Å². The number of aromatic hydroxyl groups is 1. The Morgan fingerprint density at radius 3 is 2.02 bits per heavy atom. The van der Waals surface area contributed by atoms with Crippen LogP contribution in [0.15, 0.2) is 156 Å². The minimum atomic E-state index is -3.01. The molecule has 0 spiro atoms. The summed E-state index contributed by atoms with van der Waals surface area (Å²) in [6.45, 7) is 9.11. The summed E-state index contributed by atoms with van der Waals surface area (Å²) in [4.78, 5) is 30.8. The number of fused-ring (bicyclic) bond motifs is 3. The average molecular weight is 831 g/mol. The Balaban J connectivity index is 1.17. The fraction of sp³-hybridized carbons (Fsp3) is 0.294. The molecule has 2 saturated heterocycles. The Labute approximate surface area is 361 Å². The van der Waals surface area contributed by atoms with Gasteiger partial charge in [-0.3, -0.25) is 14.5 Å². The summed E-state index contributed by atoms with van der Waals surface area (Å²) in [5, 5.41) is 27.4. The van der Waals surface area contributed by atoms with Crippen molar-refractivity contribution < 1.29 is 28.8 Å². The molecule has 3 aliphatic rings. The first kappa shape index (κ1) is 42.2. The van der Waals surface area contributed by atoms with Crippen molar-refractivity contribution >= 4 is 60.8 Å². The molecule has 312 valence electrons. The molecule has 0 aromatic heterocycles. The zero-order valence-electron chi connectivity index (χ0n) is 35.5. The van der Waals surface area contributed by atoms with Crippen molar-refractivity contribution in [3.63, 3.8) is 0 Å². The number of nitrogens with one attached hydrogen (secondary N) is 1. The van der Waals surface area contributed by atoms with Gasteiger partial charge in [-0.1, -0.05) is 136 Å². The Hall–Kier alpha value is -5.52. The third-order valence-electron chi connectivity index (χ3n) is 12.9. The van der Waals surface area contributed by atoms with Crippen LogP contribution in [0.5, 0.6) is 5.75 Å². The Morgan fingerprint density at radius 1 is 0.820 bits per heavy atom. The van der Waals surface area contributed by atoms with E-state index in [-0.39, 0.29) is 35.5 Å². The fourth-order valence-corrected chi connectivity index (χ4v) is 14.5. The number of benzene rings is 5. The van der Waals surface area contributed by atoms with E-state index in [0.717, 1.165) is 50.5 Å². The van der Waals surface area contributed by atoms with E-state index in [9.17, 15) is 19.7 Å². The number of phenolic OH excluding ortho intramolecular Hbond substituents is 1. The number of carbonyl (C=O) groups excluding carboxylic acids is 2. The molecule has 1 aliphatic carbocycles. The number of rotatable bonds is 13. The molecule has 8 nitrogen and oxygen atoms in total. The molecule has 0 bridgehead atoms. The fourth-order valence-electron chi connectivity index (χ4n) is 9.99.